The largest absolute Gasteiger partial charge is 0.313 e. The van der Waals surface area contributed by atoms with Crippen LogP contribution in [-0.4, -0.2) is 43.3 Å². The first-order chi connectivity index (χ1) is 14.9. The van der Waals surface area contributed by atoms with Crippen molar-refractivity contribution in [1.29, 1.82) is 0 Å². The zero-order valence-electron chi connectivity index (χ0n) is 23.8. The zero-order valence-corrected chi connectivity index (χ0v) is 23.8. The van der Waals surface area contributed by atoms with E-state index in [0.29, 0.717) is 24.0 Å². The Morgan fingerprint density at radius 3 is 2.09 bits per heavy atom. The van der Waals surface area contributed by atoms with E-state index in [4.69, 9.17) is 0 Å². The van der Waals surface area contributed by atoms with Gasteiger partial charge in [0, 0.05) is 36.8 Å². The second kappa shape index (κ2) is 17.3. The topological polar surface area (TPSA) is 48.1 Å². The maximum atomic E-state index is 3.99. The van der Waals surface area contributed by atoms with Crippen molar-refractivity contribution in [3.63, 3.8) is 0 Å². The van der Waals surface area contributed by atoms with E-state index in [9.17, 15) is 0 Å². The fraction of sp³-hybridized carbons (Fsp3) is 0.964. The first kappa shape index (κ1) is 31.8. The Kier molecular flexibility index (Phi) is 17.2. The lowest BCUT2D eigenvalue weighted by Crippen LogP contribution is -2.57. The molecule has 0 aliphatic carbocycles. The summed E-state index contributed by atoms with van der Waals surface area (Å²) in [5.74, 6) is 2.15. The van der Waals surface area contributed by atoms with Gasteiger partial charge in [0.2, 0.25) is 0 Å². The number of nitrogens with one attached hydrogen (secondary N) is 4. The van der Waals surface area contributed by atoms with Crippen molar-refractivity contribution in [1.82, 2.24) is 21.3 Å². The average Bonchev–Trinajstić information content (AvgIpc) is 2.69. The van der Waals surface area contributed by atoms with Crippen molar-refractivity contribution in [2.75, 3.05) is 19.6 Å². The molecule has 0 spiro atoms. The highest BCUT2D eigenvalue weighted by atomic mass is 15.1. The van der Waals surface area contributed by atoms with Gasteiger partial charge in [-0.05, 0) is 77.7 Å². The Morgan fingerprint density at radius 2 is 1.56 bits per heavy atom. The maximum Gasteiger partial charge on any atom is 0.0686 e. The van der Waals surface area contributed by atoms with Crippen LogP contribution < -0.4 is 21.3 Å². The van der Waals surface area contributed by atoms with Crippen molar-refractivity contribution in [2.24, 2.45) is 17.8 Å². The smallest absolute Gasteiger partial charge is 0.0686 e. The molecule has 0 aliphatic rings. The molecule has 0 rings (SSSR count). The van der Waals surface area contributed by atoms with Crippen LogP contribution in [0.5, 0.6) is 0 Å². The van der Waals surface area contributed by atoms with E-state index < -0.39 is 0 Å². The highest BCUT2D eigenvalue weighted by molar-refractivity contribution is 5.04. The molecule has 4 unspecified atom stereocenters. The Labute approximate surface area is 203 Å². The molecule has 4 nitrogen and oxygen atoms in total. The average molecular weight is 454 g/mol. The van der Waals surface area contributed by atoms with Crippen LogP contribution in [0.3, 0.4) is 0 Å². The van der Waals surface area contributed by atoms with Gasteiger partial charge in [0.15, 0.2) is 0 Å². The molecule has 4 heteroatoms. The van der Waals surface area contributed by atoms with Crippen molar-refractivity contribution in [3.05, 3.63) is 6.04 Å². The normalized spacial score (nSPS) is 16.7. The summed E-state index contributed by atoms with van der Waals surface area (Å²) >= 11 is 0. The lowest BCUT2D eigenvalue weighted by atomic mass is 9.95. The molecule has 4 N–H and O–H groups in total. The third-order valence-electron chi connectivity index (χ3n) is 6.82. The first-order valence-electron chi connectivity index (χ1n) is 13.8. The van der Waals surface area contributed by atoms with Gasteiger partial charge in [0.1, 0.15) is 0 Å². The number of rotatable bonds is 20. The Morgan fingerprint density at radius 1 is 0.906 bits per heavy atom. The van der Waals surface area contributed by atoms with Crippen LogP contribution in [0.25, 0.3) is 0 Å². The standard InChI is InChI=1S/C28H61N4/c1-12-16-28(10,11)31-20-26(29-17-14-15-21(3)4)27(32-25(9)23(7)13-2)19-30-24(8)18-22(5)6/h21-25,27,29-32H,12-20H2,1-11H3. The number of hydrogen-bond acceptors (Lipinski definition) is 4. The molecule has 0 amide bonds. The van der Waals surface area contributed by atoms with E-state index in [0.717, 1.165) is 31.5 Å². The van der Waals surface area contributed by atoms with Crippen LogP contribution in [0.4, 0.5) is 0 Å². The molecule has 0 fully saturated rings. The van der Waals surface area contributed by atoms with E-state index in [2.05, 4.69) is 97.4 Å². The van der Waals surface area contributed by atoms with Crippen LogP contribution in [0, 0.1) is 23.8 Å². The van der Waals surface area contributed by atoms with Crippen LogP contribution in [0.1, 0.15) is 115 Å². The molecule has 0 aromatic heterocycles. The maximum absolute atomic E-state index is 3.99. The molecular formula is C28H61N4. The molecule has 0 saturated heterocycles. The van der Waals surface area contributed by atoms with Crippen LogP contribution >= 0.6 is 0 Å². The van der Waals surface area contributed by atoms with E-state index in [1.54, 1.807) is 0 Å². The lowest BCUT2D eigenvalue weighted by molar-refractivity contribution is 0.297. The van der Waals surface area contributed by atoms with Gasteiger partial charge < -0.3 is 21.3 Å². The summed E-state index contributed by atoms with van der Waals surface area (Å²) in [6, 6.07) is 2.75. The predicted octanol–water partition coefficient (Wildman–Crippen LogP) is 6.13. The minimum Gasteiger partial charge on any atom is -0.313 e. The van der Waals surface area contributed by atoms with Crippen LogP contribution in [0.15, 0.2) is 0 Å². The molecule has 0 heterocycles. The highest BCUT2D eigenvalue weighted by Gasteiger charge is 2.27. The second-order valence-electron chi connectivity index (χ2n) is 11.8. The molecule has 0 aliphatic heterocycles. The Bertz CT molecular complexity index is 435. The summed E-state index contributed by atoms with van der Waals surface area (Å²) in [6.45, 7) is 28.5. The monoisotopic (exact) mass is 453 g/mol. The van der Waals surface area contributed by atoms with E-state index in [1.807, 2.05) is 0 Å². The van der Waals surface area contributed by atoms with Crippen molar-refractivity contribution in [2.45, 2.75) is 138 Å². The molecular weight excluding hydrogens is 392 g/mol. The van der Waals surface area contributed by atoms with Gasteiger partial charge in [-0.3, -0.25) is 0 Å². The van der Waals surface area contributed by atoms with E-state index in [1.165, 1.54) is 44.6 Å². The van der Waals surface area contributed by atoms with Gasteiger partial charge >= 0.3 is 0 Å². The molecule has 193 valence electrons. The molecule has 32 heavy (non-hydrogen) atoms. The zero-order chi connectivity index (χ0) is 24.7. The third-order valence-corrected chi connectivity index (χ3v) is 6.82. The summed E-state index contributed by atoms with van der Waals surface area (Å²) in [5.41, 5.74) is 0.158. The Hall–Kier alpha value is -0.160. The van der Waals surface area contributed by atoms with Gasteiger partial charge in [-0.25, -0.2) is 0 Å². The first-order valence-corrected chi connectivity index (χ1v) is 13.8. The van der Waals surface area contributed by atoms with E-state index in [-0.39, 0.29) is 5.54 Å². The van der Waals surface area contributed by atoms with Crippen molar-refractivity contribution >= 4 is 0 Å². The van der Waals surface area contributed by atoms with Crippen molar-refractivity contribution < 1.29 is 0 Å². The second-order valence-corrected chi connectivity index (χ2v) is 11.8. The Balaban J connectivity index is 5.36. The molecule has 0 saturated carbocycles. The van der Waals surface area contributed by atoms with Crippen LogP contribution in [0.2, 0.25) is 0 Å². The third kappa shape index (κ3) is 15.6. The van der Waals surface area contributed by atoms with Gasteiger partial charge in [-0.1, -0.05) is 61.3 Å². The molecule has 0 bridgehead atoms. The number of hydrogen-bond donors (Lipinski definition) is 4. The molecule has 0 aromatic carbocycles. The summed E-state index contributed by atoms with van der Waals surface area (Å²) in [7, 11) is 0. The SMILES string of the molecule is CCCC(C)(C)NC[C](NCCCC(C)C)C(CNC(C)CC(C)C)NC(C)C(C)CC. The minimum absolute atomic E-state index is 0.158. The predicted molar refractivity (Wildman–Crippen MR) is 145 cm³/mol. The summed E-state index contributed by atoms with van der Waals surface area (Å²) in [4.78, 5) is 0. The fourth-order valence-electron chi connectivity index (χ4n) is 4.34. The lowest BCUT2D eigenvalue weighted by Gasteiger charge is -2.36. The molecule has 0 aromatic rings. The highest BCUT2D eigenvalue weighted by Crippen LogP contribution is 2.15. The summed E-state index contributed by atoms with van der Waals surface area (Å²) < 4.78 is 0. The van der Waals surface area contributed by atoms with Gasteiger partial charge in [0.05, 0.1) is 6.04 Å². The van der Waals surface area contributed by atoms with Gasteiger partial charge in [-0.15, -0.1) is 0 Å². The summed E-state index contributed by atoms with van der Waals surface area (Å²) in [6.07, 6.45) is 7.32. The van der Waals surface area contributed by atoms with Crippen molar-refractivity contribution in [3.8, 4) is 0 Å². The van der Waals surface area contributed by atoms with E-state index >= 15 is 0 Å². The van der Waals surface area contributed by atoms with Gasteiger partial charge in [0.25, 0.3) is 0 Å². The quantitative estimate of drug-likeness (QED) is 0.167. The molecule has 1 radical (unpaired) electrons. The molecule has 4 atom stereocenters. The minimum atomic E-state index is 0.158. The van der Waals surface area contributed by atoms with Gasteiger partial charge in [-0.2, -0.15) is 0 Å². The fourth-order valence-corrected chi connectivity index (χ4v) is 4.34. The summed E-state index contributed by atoms with van der Waals surface area (Å²) in [5, 5.41) is 15.6. The van der Waals surface area contributed by atoms with Crippen LogP contribution in [-0.2, 0) is 0 Å².